The van der Waals surface area contributed by atoms with E-state index in [1.807, 2.05) is 18.4 Å². The van der Waals surface area contributed by atoms with Crippen molar-refractivity contribution in [1.29, 1.82) is 0 Å². The standard InChI is InChI=1S/C16H22O2S/c1-5-6-7-15(18-16(17)12(2)3)13-8-10-14(19-4)11-9-13/h8-11,15H,2,5-7H2,1,3-4H3. The first kappa shape index (κ1) is 15.8. The number of ether oxygens (including phenoxy) is 1. The smallest absolute Gasteiger partial charge is 0.333 e. The first-order chi connectivity index (χ1) is 9.08. The highest BCUT2D eigenvalue weighted by Crippen LogP contribution is 2.26. The van der Waals surface area contributed by atoms with Crippen LogP contribution in [0.15, 0.2) is 41.3 Å². The summed E-state index contributed by atoms with van der Waals surface area (Å²) < 4.78 is 5.53. The lowest BCUT2D eigenvalue weighted by Gasteiger charge is -2.18. The molecule has 1 unspecified atom stereocenters. The molecule has 0 aliphatic rings. The van der Waals surface area contributed by atoms with Crippen molar-refractivity contribution < 1.29 is 9.53 Å². The lowest BCUT2D eigenvalue weighted by molar-refractivity contribution is -0.145. The number of hydrogen-bond acceptors (Lipinski definition) is 3. The average Bonchev–Trinajstić information content (AvgIpc) is 2.43. The number of carbonyl (C=O) groups excluding carboxylic acids is 1. The lowest BCUT2D eigenvalue weighted by atomic mass is 10.0. The van der Waals surface area contributed by atoms with Gasteiger partial charge in [0.25, 0.3) is 0 Å². The molecule has 104 valence electrons. The van der Waals surface area contributed by atoms with Crippen molar-refractivity contribution in [2.24, 2.45) is 0 Å². The Morgan fingerprint density at radius 2 is 2.00 bits per heavy atom. The van der Waals surface area contributed by atoms with E-state index in [1.54, 1.807) is 18.7 Å². The molecule has 0 fully saturated rings. The molecular formula is C16H22O2S. The minimum absolute atomic E-state index is 0.167. The highest BCUT2D eigenvalue weighted by Gasteiger charge is 2.16. The van der Waals surface area contributed by atoms with Gasteiger partial charge in [0, 0.05) is 10.5 Å². The van der Waals surface area contributed by atoms with E-state index in [4.69, 9.17) is 4.74 Å². The minimum atomic E-state index is -0.310. The van der Waals surface area contributed by atoms with Gasteiger partial charge in [-0.05, 0) is 43.7 Å². The Labute approximate surface area is 120 Å². The molecule has 0 spiro atoms. The molecule has 0 heterocycles. The van der Waals surface area contributed by atoms with Crippen molar-refractivity contribution in [2.45, 2.75) is 44.1 Å². The molecule has 0 aromatic heterocycles. The van der Waals surface area contributed by atoms with Crippen molar-refractivity contribution in [3.63, 3.8) is 0 Å². The van der Waals surface area contributed by atoms with Gasteiger partial charge >= 0.3 is 5.97 Å². The Hall–Kier alpha value is -1.22. The fourth-order valence-electron chi connectivity index (χ4n) is 1.73. The Bertz CT molecular complexity index is 423. The van der Waals surface area contributed by atoms with Gasteiger partial charge in [-0.2, -0.15) is 0 Å². The molecule has 0 saturated heterocycles. The molecule has 0 N–H and O–H groups in total. The predicted molar refractivity (Wildman–Crippen MR) is 81.4 cm³/mol. The normalized spacial score (nSPS) is 11.9. The van der Waals surface area contributed by atoms with Crippen LogP contribution in [0.2, 0.25) is 0 Å². The van der Waals surface area contributed by atoms with E-state index in [2.05, 4.69) is 25.6 Å². The van der Waals surface area contributed by atoms with Gasteiger partial charge in [-0.1, -0.05) is 32.1 Å². The van der Waals surface area contributed by atoms with Crippen molar-refractivity contribution in [3.05, 3.63) is 42.0 Å². The second-order valence-corrected chi connectivity index (χ2v) is 5.47. The maximum absolute atomic E-state index is 11.7. The number of esters is 1. The number of carbonyl (C=O) groups is 1. The van der Waals surface area contributed by atoms with Crippen LogP contribution in [0.25, 0.3) is 0 Å². The number of unbranched alkanes of at least 4 members (excludes halogenated alkanes) is 1. The summed E-state index contributed by atoms with van der Waals surface area (Å²) in [6.45, 7) is 7.44. The number of benzene rings is 1. The van der Waals surface area contributed by atoms with E-state index in [0.29, 0.717) is 5.57 Å². The van der Waals surface area contributed by atoms with E-state index in [1.165, 1.54) is 4.90 Å². The Kier molecular flexibility index (Phi) is 6.71. The van der Waals surface area contributed by atoms with E-state index in [-0.39, 0.29) is 12.1 Å². The van der Waals surface area contributed by atoms with Crippen LogP contribution in [0.5, 0.6) is 0 Å². The molecule has 1 rings (SSSR count). The van der Waals surface area contributed by atoms with Gasteiger partial charge in [0.05, 0.1) is 0 Å². The Balaban J connectivity index is 2.82. The van der Waals surface area contributed by atoms with Gasteiger partial charge in [-0.3, -0.25) is 0 Å². The quantitative estimate of drug-likeness (QED) is 0.408. The van der Waals surface area contributed by atoms with Gasteiger partial charge < -0.3 is 4.74 Å². The molecule has 0 aliphatic carbocycles. The summed E-state index contributed by atoms with van der Waals surface area (Å²) in [6, 6.07) is 8.21. The largest absolute Gasteiger partial charge is 0.454 e. The summed E-state index contributed by atoms with van der Waals surface area (Å²) in [5, 5.41) is 0. The SMILES string of the molecule is C=C(C)C(=O)OC(CCCC)c1ccc(SC)cc1. The third kappa shape index (κ3) is 5.11. The molecule has 1 aromatic carbocycles. The highest BCUT2D eigenvalue weighted by atomic mass is 32.2. The van der Waals surface area contributed by atoms with Gasteiger partial charge in [-0.25, -0.2) is 4.79 Å². The summed E-state index contributed by atoms with van der Waals surface area (Å²) in [7, 11) is 0. The summed E-state index contributed by atoms with van der Waals surface area (Å²) in [5.74, 6) is -0.310. The Morgan fingerprint density at radius 1 is 1.37 bits per heavy atom. The van der Waals surface area contributed by atoms with Crippen molar-refractivity contribution in [3.8, 4) is 0 Å². The lowest BCUT2D eigenvalue weighted by Crippen LogP contribution is -2.12. The molecular weight excluding hydrogens is 256 g/mol. The topological polar surface area (TPSA) is 26.3 Å². The Morgan fingerprint density at radius 3 is 2.47 bits per heavy atom. The molecule has 0 aliphatic heterocycles. The zero-order valence-corrected chi connectivity index (χ0v) is 12.8. The first-order valence-electron chi connectivity index (χ1n) is 6.59. The van der Waals surface area contributed by atoms with Crippen LogP contribution < -0.4 is 0 Å². The molecule has 19 heavy (non-hydrogen) atoms. The first-order valence-corrected chi connectivity index (χ1v) is 7.81. The van der Waals surface area contributed by atoms with Crippen molar-refractivity contribution in [2.75, 3.05) is 6.26 Å². The van der Waals surface area contributed by atoms with Crippen LogP contribution in [-0.4, -0.2) is 12.2 Å². The van der Waals surface area contributed by atoms with Gasteiger partial charge in [0.2, 0.25) is 0 Å². The number of hydrogen-bond donors (Lipinski definition) is 0. The van der Waals surface area contributed by atoms with Crippen LogP contribution in [-0.2, 0) is 9.53 Å². The van der Waals surface area contributed by atoms with Crippen LogP contribution in [0.3, 0.4) is 0 Å². The predicted octanol–water partition coefficient (Wildman–Crippen LogP) is 4.76. The average molecular weight is 278 g/mol. The van der Waals surface area contributed by atoms with E-state index < -0.39 is 0 Å². The zero-order valence-electron chi connectivity index (χ0n) is 11.9. The van der Waals surface area contributed by atoms with E-state index >= 15 is 0 Å². The third-order valence-electron chi connectivity index (χ3n) is 2.91. The number of thioether (sulfide) groups is 1. The van der Waals surface area contributed by atoms with E-state index in [9.17, 15) is 4.79 Å². The molecule has 0 radical (unpaired) electrons. The van der Waals surface area contributed by atoms with Gasteiger partial charge in [0.15, 0.2) is 0 Å². The van der Waals surface area contributed by atoms with Gasteiger partial charge in [-0.15, -0.1) is 11.8 Å². The monoisotopic (exact) mass is 278 g/mol. The molecule has 2 nitrogen and oxygen atoms in total. The fourth-order valence-corrected chi connectivity index (χ4v) is 2.14. The molecule has 0 amide bonds. The van der Waals surface area contributed by atoms with Crippen LogP contribution in [0.1, 0.15) is 44.8 Å². The maximum Gasteiger partial charge on any atom is 0.333 e. The van der Waals surface area contributed by atoms with Crippen LogP contribution in [0, 0.1) is 0 Å². The minimum Gasteiger partial charge on any atom is -0.454 e. The summed E-state index contributed by atoms with van der Waals surface area (Å²) >= 11 is 1.70. The van der Waals surface area contributed by atoms with E-state index in [0.717, 1.165) is 24.8 Å². The second kappa shape index (κ2) is 8.05. The molecule has 1 atom stereocenters. The molecule has 3 heteroatoms. The molecule has 1 aromatic rings. The van der Waals surface area contributed by atoms with Crippen molar-refractivity contribution >= 4 is 17.7 Å². The highest BCUT2D eigenvalue weighted by molar-refractivity contribution is 7.98. The molecule has 0 bridgehead atoms. The summed E-state index contributed by atoms with van der Waals surface area (Å²) in [6.07, 6.45) is 4.86. The second-order valence-electron chi connectivity index (χ2n) is 4.59. The maximum atomic E-state index is 11.7. The van der Waals surface area contributed by atoms with Crippen molar-refractivity contribution in [1.82, 2.24) is 0 Å². The van der Waals surface area contributed by atoms with Crippen LogP contribution in [0.4, 0.5) is 0 Å². The summed E-state index contributed by atoms with van der Waals surface area (Å²) in [5.41, 5.74) is 1.50. The zero-order chi connectivity index (χ0) is 14.3. The third-order valence-corrected chi connectivity index (χ3v) is 3.65. The molecule has 0 saturated carbocycles. The summed E-state index contributed by atoms with van der Waals surface area (Å²) in [4.78, 5) is 12.9. The van der Waals surface area contributed by atoms with Crippen LogP contribution >= 0.6 is 11.8 Å². The van der Waals surface area contributed by atoms with Gasteiger partial charge in [0.1, 0.15) is 6.10 Å². The number of rotatable bonds is 7. The fraction of sp³-hybridized carbons (Fsp3) is 0.438.